The van der Waals surface area contributed by atoms with Crippen molar-refractivity contribution in [2.75, 3.05) is 20.3 Å². The van der Waals surface area contributed by atoms with Crippen molar-refractivity contribution >= 4 is 23.2 Å². The Kier molecular flexibility index (Phi) is 6.40. The average molecular weight is 286 g/mol. The Labute approximate surface area is 115 Å². The zero-order valence-electron chi connectivity index (χ0n) is 10.9. The van der Waals surface area contributed by atoms with Crippen molar-refractivity contribution in [3.63, 3.8) is 0 Å². The van der Waals surface area contributed by atoms with Gasteiger partial charge in [0.1, 0.15) is 16.7 Å². The molecule has 2 amide bonds. The summed E-state index contributed by atoms with van der Waals surface area (Å²) in [6, 6.07) is -0.632. The van der Waals surface area contributed by atoms with Crippen LogP contribution in [-0.2, 0) is 16.1 Å². The number of aromatic nitrogens is 1. The second-order valence-electron chi connectivity index (χ2n) is 3.81. The maximum atomic E-state index is 11.8. The minimum absolute atomic E-state index is 0.264. The van der Waals surface area contributed by atoms with Crippen LogP contribution >= 0.6 is 11.3 Å². The van der Waals surface area contributed by atoms with Crippen LogP contribution in [0.2, 0.25) is 0 Å². The highest BCUT2D eigenvalue weighted by Crippen LogP contribution is 2.08. The molecule has 0 bridgehead atoms. The molecule has 0 radical (unpaired) electrons. The van der Waals surface area contributed by atoms with Crippen molar-refractivity contribution in [2.45, 2.75) is 19.5 Å². The van der Waals surface area contributed by atoms with Gasteiger partial charge in [-0.2, -0.15) is 0 Å². The molecule has 7 nitrogen and oxygen atoms in total. The van der Waals surface area contributed by atoms with Crippen molar-refractivity contribution in [1.29, 1.82) is 0 Å². The quantitative estimate of drug-likeness (QED) is 0.585. The van der Waals surface area contributed by atoms with E-state index in [1.807, 2.05) is 0 Å². The number of ether oxygens (including phenoxy) is 1. The Morgan fingerprint density at radius 3 is 2.89 bits per heavy atom. The number of amides is 2. The summed E-state index contributed by atoms with van der Waals surface area (Å²) in [5.41, 5.74) is 5.70. The number of hydrogen-bond acceptors (Lipinski definition) is 6. The first kappa shape index (κ1) is 15.5. The van der Waals surface area contributed by atoms with Crippen molar-refractivity contribution in [3.8, 4) is 0 Å². The van der Waals surface area contributed by atoms with E-state index >= 15 is 0 Å². The number of rotatable bonds is 7. The van der Waals surface area contributed by atoms with E-state index in [0.29, 0.717) is 24.7 Å². The number of thiazole rings is 1. The Hall–Kier alpha value is -1.51. The van der Waals surface area contributed by atoms with E-state index in [1.165, 1.54) is 11.3 Å². The lowest BCUT2D eigenvalue weighted by atomic mass is 10.3. The number of hydrogen-bond donors (Lipinski definition) is 3. The zero-order chi connectivity index (χ0) is 14.3. The molecule has 4 N–H and O–H groups in total. The number of carbonyl (C=O) groups excluding carboxylic acids is 2. The van der Waals surface area contributed by atoms with E-state index < -0.39 is 6.04 Å². The third kappa shape index (κ3) is 4.93. The van der Waals surface area contributed by atoms with Gasteiger partial charge in [-0.25, -0.2) is 4.98 Å². The molecule has 1 aromatic heterocycles. The molecule has 0 saturated heterocycles. The summed E-state index contributed by atoms with van der Waals surface area (Å²) in [7, 11) is 1.55. The Bertz CT molecular complexity index is 435. The first-order chi connectivity index (χ1) is 9.08. The standard InChI is InChI=1S/C11H18N4O3S/c1-7(10(16)13-3-4-18-2)14-11(17)8-6-19-9(5-12)15-8/h6-7H,3-5,12H2,1-2H3,(H,13,16)(H,14,17). The first-order valence-electron chi connectivity index (χ1n) is 5.80. The van der Waals surface area contributed by atoms with Gasteiger partial charge in [-0.3, -0.25) is 9.59 Å². The third-order valence-corrected chi connectivity index (χ3v) is 3.18. The minimum Gasteiger partial charge on any atom is -0.383 e. The summed E-state index contributed by atoms with van der Waals surface area (Å²) in [6.07, 6.45) is 0. The molecule has 19 heavy (non-hydrogen) atoms. The van der Waals surface area contributed by atoms with Crippen LogP contribution in [0.4, 0.5) is 0 Å². The number of nitrogens with two attached hydrogens (primary N) is 1. The van der Waals surface area contributed by atoms with Crippen molar-refractivity contribution in [3.05, 3.63) is 16.1 Å². The predicted molar refractivity (Wildman–Crippen MR) is 71.8 cm³/mol. The van der Waals surface area contributed by atoms with Gasteiger partial charge in [0.2, 0.25) is 5.91 Å². The molecule has 0 fully saturated rings. The fourth-order valence-electron chi connectivity index (χ4n) is 1.27. The van der Waals surface area contributed by atoms with E-state index in [2.05, 4.69) is 15.6 Å². The van der Waals surface area contributed by atoms with E-state index in [-0.39, 0.29) is 17.5 Å². The van der Waals surface area contributed by atoms with Gasteiger partial charge in [0.15, 0.2) is 0 Å². The van der Waals surface area contributed by atoms with E-state index in [9.17, 15) is 9.59 Å². The summed E-state index contributed by atoms with van der Waals surface area (Å²) in [4.78, 5) is 27.5. The topological polar surface area (TPSA) is 106 Å². The molecule has 106 valence electrons. The fraction of sp³-hybridized carbons (Fsp3) is 0.545. The molecule has 0 saturated carbocycles. The van der Waals surface area contributed by atoms with Crippen LogP contribution in [-0.4, -0.2) is 43.1 Å². The van der Waals surface area contributed by atoms with E-state index in [4.69, 9.17) is 10.5 Å². The third-order valence-electron chi connectivity index (χ3n) is 2.31. The van der Waals surface area contributed by atoms with Gasteiger partial charge < -0.3 is 21.1 Å². The van der Waals surface area contributed by atoms with Gasteiger partial charge >= 0.3 is 0 Å². The fourth-order valence-corrected chi connectivity index (χ4v) is 1.93. The molecule has 0 spiro atoms. The molecular formula is C11H18N4O3S. The van der Waals surface area contributed by atoms with Crippen LogP contribution in [0.3, 0.4) is 0 Å². The SMILES string of the molecule is COCCNC(=O)C(C)NC(=O)c1csc(CN)n1. The maximum absolute atomic E-state index is 11.8. The second-order valence-corrected chi connectivity index (χ2v) is 4.75. The monoisotopic (exact) mass is 286 g/mol. The number of methoxy groups -OCH3 is 1. The molecule has 8 heteroatoms. The van der Waals surface area contributed by atoms with Crippen LogP contribution in [0.1, 0.15) is 22.4 Å². The number of nitrogens with zero attached hydrogens (tertiary/aromatic N) is 1. The largest absolute Gasteiger partial charge is 0.383 e. The van der Waals surface area contributed by atoms with Gasteiger partial charge in [-0.15, -0.1) is 11.3 Å². The molecule has 1 unspecified atom stereocenters. The zero-order valence-corrected chi connectivity index (χ0v) is 11.8. The van der Waals surface area contributed by atoms with Crippen molar-refractivity contribution in [2.24, 2.45) is 5.73 Å². The lowest BCUT2D eigenvalue weighted by molar-refractivity contribution is -0.122. The molecule has 0 aliphatic rings. The molecule has 0 aliphatic heterocycles. The summed E-state index contributed by atoms with van der Waals surface area (Å²) in [6.45, 7) is 2.74. The number of nitrogens with one attached hydrogen (secondary N) is 2. The van der Waals surface area contributed by atoms with Crippen LogP contribution < -0.4 is 16.4 Å². The van der Waals surface area contributed by atoms with Crippen LogP contribution in [0, 0.1) is 0 Å². The van der Waals surface area contributed by atoms with Crippen LogP contribution in [0.15, 0.2) is 5.38 Å². The van der Waals surface area contributed by atoms with Gasteiger partial charge in [0.05, 0.1) is 6.61 Å². The summed E-state index contributed by atoms with van der Waals surface area (Å²) < 4.78 is 4.81. The molecule has 1 rings (SSSR count). The predicted octanol–water partition coefficient (Wildman–Crippen LogP) is -0.517. The highest BCUT2D eigenvalue weighted by molar-refractivity contribution is 7.09. The van der Waals surface area contributed by atoms with Crippen LogP contribution in [0.5, 0.6) is 0 Å². The van der Waals surface area contributed by atoms with Gasteiger partial charge in [0, 0.05) is 25.6 Å². The smallest absolute Gasteiger partial charge is 0.271 e. The van der Waals surface area contributed by atoms with E-state index in [1.54, 1.807) is 19.4 Å². The Morgan fingerprint density at radius 1 is 1.58 bits per heavy atom. The highest BCUT2D eigenvalue weighted by Gasteiger charge is 2.17. The highest BCUT2D eigenvalue weighted by atomic mass is 32.1. The van der Waals surface area contributed by atoms with E-state index in [0.717, 1.165) is 0 Å². The van der Waals surface area contributed by atoms with Crippen molar-refractivity contribution in [1.82, 2.24) is 15.6 Å². The van der Waals surface area contributed by atoms with Crippen molar-refractivity contribution < 1.29 is 14.3 Å². The average Bonchev–Trinajstić information content (AvgIpc) is 2.87. The molecule has 1 aromatic rings. The summed E-state index contributed by atoms with van der Waals surface area (Å²) >= 11 is 1.32. The van der Waals surface area contributed by atoms with Gasteiger partial charge in [0.25, 0.3) is 5.91 Å². The molecule has 1 atom stereocenters. The number of carbonyl (C=O) groups is 2. The summed E-state index contributed by atoms with van der Waals surface area (Å²) in [5, 5.41) is 7.51. The van der Waals surface area contributed by atoms with Gasteiger partial charge in [-0.05, 0) is 6.92 Å². The molecule has 1 heterocycles. The summed E-state index contributed by atoms with van der Waals surface area (Å²) in [5.74, 6) is -0.648. The Balaban J connectivity index is 2.44. The lowest BCUT2D eigenvalue weighted by Crippen LogP contribution is -2.45. The Morgan fingerprint density at radius 2 is 2.32 bits per heavy atom. The lowest BCUT2D eigenvalue weighted by Gasteiger charge is -2.13. The molecular weight excluding hydrogens is 268 g/mol. The molecule has 0 aliphatic carbocycles. The normalized spacial score (nSPS) is 11.9. The minimum atomic E-state index is -0.632. The van der Waals surface area contributed by atoms with Gasteiger partial charge in [-0.1, -0.05) is 0 Å². The maximum Gasteiger partial charge on any atom is 0.271 e. The first-order valence-corrected chi connectivity index (χ1v) is 6.68. The molecule has 0 aromatic carbocycles. The second kappa shape index (κ2) is 7.82. The van der Waals surface area contributed by atoms with Crippen LogP contribution in [0.25, 0.3) is 0 Å².